The number of carbonyl (C=O) groups excluding carboxylic acids is 2. The zero-order valence-electron chi connectivity index (χ0n) is 11.8. The number of hydrogen-bond donors (Lipinski definition) is 2. The summed E-state index contributed by atoms with van der Waals surface area (Å²) in [6.07, 6.45) is 0.430. The van der Waals surface area contributed by atoms with Crippen molar-refractivity contribution in [1.82, 2.24) is 10.6 Å². The van der Waals surface area contributed by atoms with E-state index in [0.29, 0.717) is 12.0 Å². The fourth-order valence-electron chi connectivity index (χ4n) is 2.24. The van der Waals surface area contributed by atoms with E-state index in [4.69, 9.17) is 0 Å². The van der Waals surface area contributed by atoms with Crippen LogP contribution in [0.5, 0.6) is 0 Å². The van der Waals surface area contributed by atoms with Crippen LogP contribution in [0.25, 0.3) is 0 Å². The van der Waals surface area contributed by atoms with Gasteiger partial charge in [-0.1, -0.05) is 17.7 Å². The fourth-order valence-corrected chi connectivity index (χ4v) is 3.91. The maximum Gasteiger partial charge on any atom is 0.251 e. The van der Waals surface area contributed by atoms with E-state index in [-0.39, 0.29) is 35.9 Å². The molecule has 1 saturated heterocycles. The lowest BCUT2D eigenvalue weighted by Gasteiger charge is -2.11. The minimum Gasteiger partial charge on any atom is -0.351 e. The molecule has 1 aromatic carbocycles. The standard InChI is InChI=1S/C14H18N2O4S/c1-10-3-2-4-11(7-10)14(18)15-8-13(17)16-12-5-6-21(19,20)9-12/h2-4,7,12H,5-6,8-9H2,1H3,(H,15,18)(H,16,17). The average molecular weight is 310 g/mol. The van der Waals surface area contributed by atoms with E-state index in [1.807, 2.05) is 13.0 Å². The molecule has 0 aromatic heterocycles. The monoisotopic (exact) mass is 310 g/mol. The summed E-state index contributed by atoms with van der Waals surface area (Å²) in [4.78, 5) is 23.5. The van der Waals surface area contributed by atoms with Gasteiger partial charge in [0.05, 0.1) is 18.1 Å². The zero-order valence-corrected chi connectivity index (χ0v) is 12.6. The molecule has 0 spiro atoms. The van der Waals surface area contributed by atoms with Crippen molar-refractivity contribution in [1.29, 1.82) is 0 Å². The highest BCUT2D eigenvalue weighted by Gasteiger charge is 2.28. The summed E-state index contributed by atoms with van der Waals surface area (Å²) in [5, 5.41) is 5.14. The molecule has 7 heteroatoms. The van der Waals surface area contributed by atoms with Gasteiger partial charge >= 0.3 is 0 Å². The molecular weight excluding hydrogens is 292 g/mol. The first-order chi connectivity index (χ1) is 9.85. The van der Waals surface area contributed by atoms with Crippen molar-refractivity contribution in [2.45, 2.75) is 19.4 Å². The van der Waals surface area contributed by atoms with Crippen LogP contribution in [0.15, 0.2) is 24.3 Å². The molecule has 1 fully saturated rings. The number of rotatable bonds is 4. The van der Waals surface area contributed by atoms with Crippen LogP contribution in [0.3, 0.4) is 0 Å². The van der Waals surface area contributed by atoms with Crippen LogP contribution in [0.1, 0.15) is 22.3 Å². The molecule has 0 aliphatic carbocycles. The molecule has 21 heavy (non-hydrogen) atoms. The summed E-state index contributed by atoms with van der Waals surface area (Å²) in [5.74, 6) is -0.621. The molecule has 1 aromatic rings. The smallest absolute Gasteiger partial charge is 0.251 e. The van der Waals surface area contributed by atoms with E-state index in [1.54, 1.807) is 18.2 Å². The molecule has 1 unspecified atom stereocenters. The largest absolute Gasteiger partial charge is 0.351 e. The van der Waals surface area contributed by atoms with Gasteiger partial charge in [-0.15, -0.1) is 0 Å². The van der Waals surface area contributed by atoms with Gasteiger partial charge in [0.25, 0.3) is 5.91 Å². The molecule has 114 valence electrons. The Hall–Kier alpha value is -1.89. The van der Waals surface area contributed by atoms with Gasteiger partial charge < -0.3 is 10.6 Å². The van der Waals surface area contributed by atoms with Crippen LogP contribution in [-0.2, 0) is 14.6 Å². The van der Waals surface area contributed by atoms with Gasteiger partial charge in [-0.05, 0) is 25.5 Å². The average Bonchev–Trinajstić information content (AvgIpc) is 2.75. The van der Waals surface area contributed by atoms with Gasteiger partial charge in [0.2, 0.25) is 5.91 Å². The van der Waals surface area contributed by atoms with Crippen LogP contribution in [0, 0.1) is 6.92 Å². The number of amides is 2. The Labute approximate surface area is 123 Å². The van der Waals surface area contributed by atoms with E-state index < -0.39 is 9.84 Å². The molecule has 6 nitrogen and oxygen atoms in total. The van der Waals surface area contributed by atoms with Crippen LogP contribution in [-0.4, -0.2) is 44.3 Å². The van der Waals surface area contributed by atoms with Gasteiger partial charge in [-0.3, -0.25) is 9.59 Å². The Morgan fingerprint density at radius 3 is 2.71 bits per heavy atom. The van der Waals surface area contributed by atoms with Gasteiger partial charge in [0, 0.05) is 11.6 Å². The van der Waals surface area contributed by atoms with Crippen molar-refractivity contribution in [2.75, 3.05) is 18.1 Å². The third kappa shape index (κ3) is 4.56. The summed E-state index contributed by atoms with van der Waals surface area (Å²) in [7, 11) is -3.02. The molecule has 1 atom stereocenters. The Morgan fingerprint density at radius 2 is 2.10 bits per heavy atom. The minimum atomic E-state index is -3.02. The molecule has 2 rings (SSSR count). The first-order valence-corrected chi connectivity index (χ1v) is 8.52. The topological polar surface area (TPSA) is 92.3 Å². The van der Waals surface area contributed by atoms with Gasteiger partial charge in [0.15, 0.2) is 9.84 Å². The second-order valence-electron chi connectivity index (χ2n) is 5.22. The lowest BCUT2D eigenvalue weighted by atomic mass is 10.1. The zero-order chi connectivity index (χ0) is 15.5. The van der Waals surface area contributed by atoms with Gasteiger partial charge in [0.1, 0.15) is 0 Å². The fraction of sp³-hybridized carbons (Fsp3) is 0.429. The highest BCUT2D eigenvalue weighted by molar-refractivity contribution is 7.91. The number of nitrogens with one attached hydrogen (secondary N) is 2. The van der Waals surface area contributed by atoms with Crippen molar-refractivity contribution in [3.05, 3.63) is 35.4 Å². The first kappa shape index (κ1) is 15.5. The summed E-state index contributed by atoms with van der Waals surface area (Å²) in [6, 6.07) is 6.71. The molecule has 2 amide bonds. The summed E-state index contributed by atoms with van der Waals surface area (Å²) < 4.78 is 22.6. The van der Waals surface area contributed by atoms with E-state index >= 15 is 0 Å². The van der Waals surface area contributed by atoms with Crippen molar-refractivity contribution >= 4 is 21.7 Å². The quantitative estimate of drug-likeness (QED) is 0.820. The lowest BCUT2D eigenvalue weighted by molar-refractivity contribution is -0.120. The molecule has 0 bridgehead atoms. The maximum absolute atomic E-state index is 11.9. The predicted octanol–water partition coefficient (Wildman–Crippen LogP) is 0.0281. The third-order valence-corrected chi connectivity index (χ3v) is 5.06. The Balaban J connectivity index is 1.80. The molecule has 1 aliphatic rings. The third-order valence-electron chi connectivity index (χ3n) is 3.29. The number of hydrogen-bond acceptors (Lipinski definition) is 4. The highest BCUT2D eigenvalue weighted by Crippen LogP contribution is 2.10. The number of aryl methyl sites for hydroxylation is 1. The number of carbonyl (C=O) groups is 2. The van der Waals surface area contributed by atoms with E-state index in [9.17, 15) is 18.0 Å². The van der Waals surface area contributed by atoms with Gasteiger partial charge in [-0.25, -0.2) is 8.42 Å². The summed E-state index contributed by atoms with van der Waals surface area (Å²) >= 11 is 0. The molecule has 1 aliphatic heterocycles. The van der Waals surface area contributed by atoms with Crippen LogP contribution in [0.4, 0.5) is 0 Å². The second-order valence-corrected chi connectivity index (χ2v) is 7.45. The molecule has 1 heterocycles. The van der Waals surface area contributed by atoms with Crippen LogP contribution < -0.4 is 10.6 Å². The Morgan fingerprint density at radius 1 is 1.33 bits per heavy atom. The van der Waals surface area contributed by atoms with Crippen molar-refractivity contribution in [2.24, 2.45) is 0 Å². The van der Waals surface area contributed by atoms with Crippen LogP contribution in [0.2, 0.25) is 0 Å². The number of benzene rings is 1. The molecular formula is C14H18N2O4S. The Bertz CT molecular complexity index is 655. The predicted molar refractivity (Wildman–Crippen MR) is 78.7 cm³/mol. The van der Waals surface area contributed by atoms with Crippen molar-refractivity contribution < 1.29 is 18.0 Å². The van der Waals surface area contributed by atoms with E-state index in [0.717, 1.165) is 5.56 Å². The van der Waals surface area contributed by atoms with Crippen molar-refractivity contribution in [3.8, 4) is 0 Å². The number of sulfone groups is 1. The lowest BCUT2D eigenvalue weighted by Crippen LogP contribution is -2.42. The molecule has 0 radical (unpaired) electrons. The normalized spacial score (nSPS) is 20.0. The summed E-state index contributed by atoms with van der Waals surface area (Å²) in [6.45, 7) is 1.72. The second kappa shape index (κ2) is 6.26. The molecule has 0 saturated carbocycles. The van der Waals surface area contributed by atoms with Crippen molar-refractivity contribution in [3.63, 3.8) is 0 Å². The first-order valence-electron chi connectivity index (χ1n) is 6.70. The summed E-state index contributed by atoms with van der Waals surface area (Å²) in [5.41, 5.74) is 1.45. The Kier molecular flexibility index (Phi) is 4.62. The molecule has 2 N–H and O–H groups in total. The minimum absolute atomic E-state index is 0.0232. The highest BCUT2D eigenvalue weighted by atomic mass is 32.2. The van der Waals surface area contributed by atoms with E-state index in [1.165, 1.54) is 0 Å². The SMILES string of the molecule is Cc1cccc(C(=O)NCC(=O)NC2CCS(=O)(=O)C2)c1. The van der Waals surface area contributed by atoms with Crippen LogP contribution >= 0.6 is 0 Å². The van der Waals surface area contributed by atoms with E-state index in [2.05, 4.69) is 10.6 Å². The van der Waals surface area contributed by atoms with Gasteiger partial charge in [-0.2, -0.15) is 0 Å². The maximum atomic E-state index is 11.9.